The minimum absolute atomic E-state index is 0.205. The quantitative estimate of drug-likeness (QED) is 0.758. The third kappa shape index (κ3) is 4.03. The molecule has 1 unspecified atom stereocenters. The summed E-state index contributed by atoms with van der Waals surface area (Å²) in [6.07, 6.45) is 0.205. The summed E-state index contributed by atoms with van der Waals surface area (Å²) in [5.74, 6) is -1.12. The van der Waals surface area contributed by atoms with Gasteiger partial charge in [-0.2, -0.15) is 0 Å². The van der Waals surface area contributed by atoms with Crippen LogP contribution in [0.2, 0.25) is 0 Å². The number of carboxylic acids is 1. The smallest absolute Gasteiger partial charge is 0.322 e. The molecule has 1 aromatic rings. The first-order valence-electron chi connectivity index (χ1n) is 6.93. The lowest BCUT2D eigenvalue weighted by atomic mass is 10.0. The summed E-state index contributed by atoms with van der Waals surface area (Å²) < 4.78 is 4.70. The van der Waals surface area contributed by atoms with Gasteiger partial charge >= 0.3 is 11.9 Å². The SMILES string of the molecule is COC(=O)Cc1ccccc1CN1CCNCC1C(=O)O. The van der Waals surface area contributed by atoms with Crippen molar-refractivity contribution < 1.29 is 19.4 Å². The molecule has 2 rings (SSSR count). The largest absolute Gasteiger partial charge is 0.480 e. The maximum atomic E-state index is 11.5. The first-order valence-corrected chi connectivity index (χ1v) is 6.93. The van der Waals surface area contributed by atoms with Crippen molar-refractivity contribution in [1.29, 1.82) is 0 Å². The van der Waals surface area contributed by atoms with Gasteiger partial charge in [0.2, 0.25) is 0 Å². The van der Waals surface area contributed by atoms with Crippen molar-refractivity contribution >= 4 is 11.9 Å². The number of piperazine rings is 1. The number of carboxylic acid groups (broad SMARTS) is 1. The standard InChI is InChI=1S/C15H20N2O4/c1-21-14(18)8-11-4-2-3-5-12(11)10-17-7-6-16-9-13(17)15(19)20/h2-5,13,16H,6-10H2,1H3,(H,19,20). The van der Waals surface area contributed by atoms with Crippen LogP contribution in [0.25, 0.3) is 0 Å². The van der Waals surface area contributed by atoms with E-state index in [9.17, 15) is 14.7 Å². The molecule has 1 aliphatic heterocycles. The van der Waals surface area contributed by atoms with Crippen molar-refractivity contribution in [2.45, 2.75) is 19.0 Å². The van der Waals surface area contributed by atoms with E-state index >= 15 is 0 Å². The molecular weight excluding hydrogens is 272 g/mol. The highest BCUT2D eigenvalue weighted by Gasteiger charge is 2.28. The second-order valence-corrected chi connectivity index (χ2v) is 5.05. The molecule has 21 heavy (non-hydrogen) atoms. The number of aliphatic carboxylic acids is 1. The summed E-state index contributed by atoms with van der Waals surface area (Å²) in [5, 5.41) is 12.4. The molecule has 2 N–H and O–H groups in total. The van der Waals surface area contributed by atoms with E-state index in [1.165, 1.54) is 7.11 Å². The van der Waals surface area contributed by atoms with E-state index in [2.05, 4.69) is 5.32 Å². The fourth-order valence-electron chi connectivity index (χ4n) is 2.51. The molecule has 1 aliphatic rings. The Bertz CT molecular complexity index is 518. The topological polar surface area (TPSA) is 78.9 Å². The van der Waals surface area contributed by atoms with Gasteiger partial charge in [0.25, 0.3) is 0 Å². The first-order chi connectivity index (χ1) is 10.1. The Morgan fingerprint density at radius 1 is 1.38 bits per heavy atom. The van der Waals surface area contributed by atoms with E-state index in [-0.39, 0.29) is 12.4 Å². The summed E-state index contributed by atoms with van der Waals surface area (Å²) in [6, 6.07) is 7.04. The molecule has 6 heteroatoms. The Hall–Kier alpha value is -1.92. The predicted octanol–water partition coefficient (Wildman–Crippen LogP) is 0.261. The number of nitrogens with zero attached hydrogens (tertiary/aromatic N) is 1. The molecule has 0 saturated carbocycles. The molecule has 0 aromatic heterocycles. The number of methoxy groups -OCH3 is 1. The first kappa shape index (κ1) is 15.5. The van der Waals surface area contributed by atoms with E-state index in [0.717, 1.165) is 17.7 Å². The second kappa shape index (κ2) is 7.19. The van der Waals surface area contributed by atoms with Crippen molar-refractivity contribution in [3.8, 4) is 0 Å². The van der Waals surface area contributed by atoms with E-state index in [4.69, 9.17) is 4.74 Å². The van der Waals surface area contributed by atoms with Gasteiger partial charge in [-0.1, -0.05) is 24.3 Å². The van der Waals surface area contributed by atoms with Gasteiger partial charge in [-0.15, -0.1) is 0 Å². The van der Waals surface area contributed by atoms with Gasteiger partial charge in [0.05, 0.1) is 13.5 Å². The number of hydrogen-bond acceptors (Lipinski definition) is 5. The average molecular weight is 292 g/mol. The number of ether oxygens (including phenoxy) is 1. The van der Waals surface area contributed by atoms with E-state index < -0.39 is 12.0 Å². The maximum absolute atomic E-state index is 11.5. The van der Waals surface area contributed by atoms with E-state index in [1.807, 2.05) is 29.2 Å². The highest BCUT2D eigenvalue weighted by molar-refractivity contribution is 5.74. The van der Waals surface area contributed by atoms with Gasteiger partial charge in [0.1, 0.15) is 6.04 Å². The van der Waals surface area contributed by atoms with Crippen LogP contribution < -0.4 is 5.32 Å². The van der Waals surface area contributed by atoms with Crippen molar-refractivity contribution in [3.05, 3.63) is 35.4 Å². The lowest BCUT2D eigenvalue weighted by molar-refractivity contribution is -0.144. The number of carbonyl (C=O) groups excluding carboxylic acids is 1. The molecule has 0 spiro atoms. The fraction of sp³-hybridized carbons (Fsp3) is 0.467. The monoisotopic (exact) mass is 292 g/mol. The van der Waals surface area contributed by atoms with Crippen molar-refractivity contribution in [2.24, 2.45) is 0 Å². The maximum Gasteiger partial charge on any atom is 0.322 e. The number of hydrogen-bond donors (Lipinski definition) is 2. The zero-order chi connectivity index (χ0) is 15.2. The van der Waals surface area contributed by atoms with Crippen LogP contribution in [0.1, 0.15) is 11.1 Å². The number of rotatable bonds is 5. The minimum Gasteiger partial charge on any atom is -0.480 e. The van der Waals surface area contributed by atoms with Crippen LogP contribution >= 0.6 is 0 Å². The number of nitrogens with one attached hydrogen (secondary N) is 1. The molecule has 0 radical (unpaired) electrons. The Morgan fingerprint density at radius 3 is 2.76 bits per heavy atom. The normalized spacial score (nSPS) is 19.2. The van der Waals surface area contributed by atoms with Crippen molar-refractivity contribution in [1.82, 2.24) is 10.2 Å². The Kier molecular flexibility index (Phi) is 5.30. The Morgan fingerprint density at radius 2 is 2.10 bits per heavy atom. The molecule has 0 amide bonds. The summed E-state index contributed by atoms with van der Waals surface area (Å²) in [5.41, 5.74) is 1.85. The molecule has 1 saturated heterocycles. The zero-order valence-corrected chi connectivity index (χ0v) is 12.0. The third-order valence-electron chi connectivity index (χ3n) is 3.69. The van der Waals surface area contributed by atoms with Gasteiger partial charge in [-0.3, -0.25) is 14.5 Å². The third-order valence-corrected chi connectivity index (χ3v) is 3.69. The summed E-state index contributed by atoms with van der Waals surface area (Å²) >= 11 is 0. The molecule has 114 valence electrons. The lowest BCUT2D eigenvalue weighted by Gasteiger charge is -2.33. The van der Waals surface area contributed by atoms with Gasteiger partial charge < -0.3 is 15.2 Å². The lowest BCUT2D eigenvalue weighted by Crippen LogP contribution is -2.54. The summed E-state index contributed by atoms with van der Waals surface area (Å²) in [7, 11) is 1.36. The molecule has 1 fully saturated rings. The van der Waals surface area contributed by atoms with Crippen molar-refractivity contribution in [2.75, 3.05) is 26.7 Å². The van der Waals surface area contributed by atoms with Gasteiger partial charge in [-0.25, -0.2) is 0 Å². The molecular formula is C15H20N2O4. The summed E-state index contributed by atoms with van der Waals surface area (Å²) in [6.45, 7) is 2.40. The number of esters is 1. The molecule has 1 atom stereocenters. The number of carbonyl (C=O) groups is 2. The van der Waals surface area contributed by atoms with Crippen LogP contribution in [0.15, 0.2) is 24.3 Å². The van der Waals surface area contributed by atoms with Crippen LogP contribution in [0.3, 0.4) is 0 Å². The zero-order valence-electron chi connectivity index (χ0n) is 12.0. The summed E-state index contributed by atoms with van der Waals surface area (Å²) in [4.78, 5) is 24.7. The molecule has 1 aromatic carbocycles. The van der Waals surface area contributed by atoms with Crippen molar-refractivity contribution in [3.63, 3.8) is 0 Å². The highest BCUT2D eigenvalue weighted by atomic mass is 16.5. The predicted molar refractivity (Wildman–Crippen MR) is 76.9 cm³/mol. The van der Waals surface area contributed by atoms with Crippen LogP contribution in [0, 0.1) is 0 Å². The van der Waals surface area contributed by atoms with Gasteiger partial charge in [-0.05, 0) is 11.1 Å². The van der Waals surface area contributed by atoms with E-state index in [1.54, 1.807) is 0 Å². The van der Waals surface area contributed by atoms with E-state index in [0.29, 0.717) is 19.6 Å². The molecule has 0 bridgehead atoms. The van der Waals surface area contributed by atoms with Crippen LogP contribution in [0.5, 0.6) is 0 Å². The molecule has 6 nitrogen and oxygen atoms in total. The minimum atomic E-state index is -0.826. The van der Waals surface area contributed by atoms with Gasteiger partial charge in [0.15, 0.2) is 0 Å². The second-order valence-electron chi connectivity index (χ2n) is 5.05. The molecule has 0 aliphatic carbocycles. The fourth-order valence-corrected chi connectivity index (χ4v) is 2.51. The average Bonchev–Trinajstić information content (AvgIpc) is 2.49. The van der Waals surface area contributed by atoms with Crippen LogP contribution in [-0.2, 0) is 27.3 Å². The highest BCUT2D eigenvalue weighted by Crippen LogP contribution is 2.16. The number of benzene rings is 1. The van der Waals surface area contributed by atoms with Crippen LogP contribution in [-0.4, -0.2) is 54.7 Å². The van der Waals surface area contributed by atoms with Crippen LogP contribution in [0.4, 0.5) is 0 Å². The molecule has 1 heterocycles. The Labute approximate surface area is 123 Å². The Balaban J connectivity index is 2.14. The van der Waals surface area contributed by atoms with Gasteiger partial charge in [0, 0.05) is 26.2 Å².